The van der Waals surface area contributed by atoms with Gasteiger partial charge in [-0.3, -0.25) is 0 Å². The molecule has 0 aromatic heterocycles. The van der Waals surface area contributed by atoms with Gasteiger partial charge in [0.2, 0.25) is 0 Å². The minimum Gasteiger partial charge on any atom is -0.377 e. The molecule has 0 bridgehead atoms. The van der Waals surface area contributed by atoms with Crippen LogP contribution in [-0.2, 0) is 4.74 Å². The van der Waals surface area contributed by atoms with Crippen molar-refractivity contribution >= 4 is 0 Å². The van der Waals surface area contributed by atoms with Crippen molar-refractivity contribution in [3.8, 4) is 0 Å². The van der Waals surface area contributed by atoms with Gasteiger partial charge in [-0.15, -0.1) is 0 Å². The predicted molar refractivity (Wildman–Crippen MR) is 61.4 cm³/mol. The number of hydrogen-bond acceptors (Lipinski definition) is 1. The zero-order valence-electron chi connectivity index (χ0n) is 9.67. The smallest absolute Gasteiger partial charge is 0.0635 e. The molecule has 0 aromatic carbocycles. The highest BCUT2D eigenvalue weighted by molar-refractivity contribution is 4.92. The quantitative estimate of drug-likeness (QED) is 0.478. The number of ether oxygens (including phenoxy) is 1. The van der Waals surface area contributed by atoms with Gasteiger partial charge >= 0.3 is 0 Å². The lowest BCUT2D eigenvalue weighted by atomic mass is 9.98. The van der Waals surface area contributed by atoms with E-state index in [1.807, 2.05) is 0 Å². The van der Waals surface area contributed by atoms with Crippen molar-refractivity contribution in [2.75, 3.05) is 6.61 Å². The number of hydrogen-bond donors (Lipinski definition) is 0. The summed E-state index contributed by atoms with van der Waals surface area (Å²) in [6, 6.07) is 0. The molecule has 0 fully saturated rings. The van der Waals surface area contributed by atoms with Crippen LogP contribution >= 0.6 is 0 Å². The van der Waals surface area contributed by atoms with Crippen LogP contribution in [0.15, 0.2) is 12.2 Å². The van der Waals surface area contributed by atoms with Crippen LogP contribution in [0.1, 0.15) is 52.4 Å². The van der Waals surface area contributed by atoms with E-state index in [0.717, 1.165) is 13.0 Å². The van der Waals surface area contributed by atoms with E-state index in [9.17, 15) is 0 Å². The first-order valence-electron chi connectivity index (χ1n) is 6.13. The highest BCUT2D eigenvalue weighted by Crippen LogP contribution is 2.19. The Morgan fingerprint density at radius 2 is 2.14 bits per heavy atom. The predicted octanol–water partition coefficient (Wildman–Crippen LogP) is 3.94. The van der Waals surface area contributed by atoms with Crippen LogP contribution in [0, 0.1) is 5.92 Å². The van der Waals surface area contributed by atoms with Crippen LogP contribution in [0.5, 0.6) is 0 Å². The standard InChI is InChI=1S/C13H24O/c1-3-4-5-6-10-13-12(2)9-7-8-11-14-13/h7,9,12-13H,3-6,8,10-11H2,1-2H3. The van der Waals surface area contributed by atoms with Crippen molar-refractivity contribution < 1.29 is 4.74 Å². The van der Waals surface area contributed by atoms with Crippen molar-refractivity contribution in [3.05, 3.63) is 12.2 Å². The lowest BCUT2D eigenvalue weighted by Crippen LogP contribution is -2.19. The topological polar surface area (TPSA) is 9.23 Å². The Labute approximate surface area is 88.5 Å². The number of unbranched alkanes of at least 4 members (excludes halogenated alkanes) is 3. The maximum Gasteiger partial charge on any atom is 0.0635 e. The summed E-state index contributed by atoms with van der Waals surface area (Å²) in [7, 11) is 0. The first kappa shape index (κ1) is 11.8. The molecule has 0 aliphatic carbocycles. The molecular formula is C13H24O. The first-order chi connectivity index (χ1) is 6.84. The van der Waals surface area contributed by atoms with Crippen LogP contribution in [0.2, 0.25) is 0 Å². The highest BCUT2D eigenvalue weighted by Gasteiger charge is 2.16. The molecule has 2 unspecified atom stereocenters. The van der Waals surface area contributed by atoms with Crippen LogP contribution < -0.4 is 0 Å². The average Bonchev–Trinajstić information content (AvgIpc) is 2.39. The molecule has 1 aliphatic rings. The van der Waals surface area contributed by atoms with Gasteiger partial charge in [-0.05, 0) is 12.8 Å². The molecule has 0 aromatic rings. The first-order valence-corrected chi connectivity index (χ1v) is 6.13. The summed E-state index contributed by atoms with van der Waals surface area (Å²) < 4.78 is 5.83. The lowest BCUT2D eigenvalue weighted by Gasteiger charge is -2.20. The molecule has 0 saturated carbocycles. The Bertz CT molecular complexity index is 163. The molecule has 0 N–H and O–H groups in total. The summed E-state index contributed by atoms with van der Waals surface area (Å²) >= 11 is 0. The highest BCUT2D eigenvalue weighted by atomic mass is 16.5. The molecule has 1 nitrogen and oxygen atoms in total. The molecule has 14 heavy (non-hydrogen) atoms. The molecule has 82 valence electrons. The van der Waals surface area contributed by atoms with Crippen LogP contribution in [-0.4, -0.2) is 12.7 Å². The summed E-state index contributed by atoms with van der Waals surface area (Å²) in [6.07, 6.45) is 12.8. The minimum absolute atomic E-state index is 0.477. The van der Waals surface area contributed by atoms with Gasteiger partial charge in [0, 0.05) is 5.92 Å². The molecule has 0 saturated heterocycles. The molecule has 1 heterocycles. The lowest BCUT2D eigenvalue weighted by molar-refractivity contribution is 0.0299. The van der Waals surface area contributed by atoms with Gasteiger partial charge < -0.3 is 4.74 Å². The van der Waals surface area contributed by atoms with E-state index in [0.29, 0.717) is 12.0 Å². The van der Waals surface area contributed by atoms with E-state index in [4.69, 9.17) is 4.74 Å². The zero-order valence-corrected chi connectivity index (χ0v) is 9.67. The second kappa shape index (κ2) is 7.05. The monoisotopic (exact) mass is 196 g/mol. The van der Waals surface area contributed by atoms with Gasteiger partial charge in [0.1, 0.15) is 0 Å². The number of rotatable bonds is 5. The Kier molecular flexibility index (Phi) is 5.93. The van der Waals surface area contributed by atoms with E-state index in [1.165, 1.54) is 32.1 Å². The fraction of sp³-hybridized carbons (Fsp3) is 0.846. The van der Waals surface area contributed by atoms with Crippen LogP contribution in [0.4, 0.5) is 0 Å². The summed E-state index contributed by atoms with van der Waals surface area (Å²) in [5.74, 6) is 0.610. The maximum absolute atomic E-state index is 5.83. The molecule has 1 heteroatoms. The van der Waals surface area contributed by atoms with Crippen LogP contribution in [0.25, 0.3) is 0 Å². The molecular weight excluding hydrogens is 172 g/mol. The molecule has 0 amide bonds. The maximum atomic E-state index is 5.83. The summed E-state index contributed by atoms with van der Waals surface area (Å²) in [5, 5.41) is 0. The van der Waals surface area contributed by atoms with Crippen molar-refractivity contribution in [2.45, 2.75) is 58.5 Å². The third-order valence-corrected chi connectivity index (χ3v) is 2.98. The van der Waals surface area contributed by atoms with Crippen molar-refractivity contribution in [3.63, 3.8) is 0 Å². The summed E-state index contributed by atoms with van der Waals surface area (Å²) in [6.45, 7) is 5.44. The Hall–Kier alpha value is -0.300. The van der Waals surface area contributed by atoms with Crippen molar-refractivity contribution in [1.29, 1.82) is 0 Å². The molecule has 0 radical (unpaired) electrons. The Morgan fingerprint density at radius 3 is 2.93 bits per heavy atom. The van der Waals surface area contributed by atoms with Gasteiger partial charge in [-0.25, -0.2) is 0 Å². The largest absolute Gasteiger partial charge is 0.377 e. The third-order valence-electron chi connectivity index (χ3n) is 2.98. The van der Waals surface area contributed by atoms with E-state index in [2.05, 4.69) is 26.0 Å². The Balaban J connectivity index is 2.17. The van der Waals surface area contributed by atoms with E-state index in [1.54, 1.807) is 0 Å². The van der Waals surface area contributed by atoms with Gasteiger partial charge in [0.25, 0.3) is 0 Å². The molecule has 0 spiro atoms. The second-order valence-electron chi connectivity index (χ2n) is 4.33. The Morgan fingerprint density at radius 1 is 1.29 bits per heavy atom. The zero-order chi connectivity index (χ0) is 10.2. The fourth-order valence-electron chi connectivity index (χ4n) is 1.99. The second-order valence-corrected chi connectivity index (χ2v) is 4.33. The van der Waals surface area contributed by atoms with Crippen LogP contribution in [0.3, 0.4) is 0 Å². The van der Waals surface area contributed by atoms with Crippen molar-refractivity contribution in [1.82, 2.24) is 0 Å². The molecule has 1 aliphatic heterocycles. The molecule has 1 rings (SSSR count). The normalized spacial score (nSPS) is 27.6. The SMILES string of the molecule is CCCCCCC1OCCC=CC1C. The summed E-state index contributed by atoms with van der Waals surface area (Å²) in [4.78, 5) is 0. The van der Waals surface area contributed by atoms with E-state index < -0.39 is 0 Å². The molecule has 2 atom stereocenters. The van der Waals surface area contributed by atoms with Gasteiger partial charge in [-0.2, -0.15) is 0 Å². The van der Waals surface area contributed by atoms with Crippen molar-refractivity contribution in [2.24, 2.45) is 5.92 Å². The van der Waals surface area contributed by atoms with Gasteiger partial charge in [-0.1, -0.05) is 51.7 Å². The minimum atomic E-state index is 0.477. The van der Waals surface area contributed by atoms with Gasteiger partial charge in [0.05, 0.1) is 12.7 Å². The van der Waals surface area contributed by atoms with E-state index >= 15 is 0 Å². The average molecular weight is 196 g/mol. The van der Waals surface area contributed by atoms with E-state index in [-0.39, 0.29) is 0 Å². The summed E-state index contributed by atoms with van der Waals surface area (Å²) in [5.41, 5.74) is 0. The van der Waals surface area contributed by atoms with Gasteiger partial charge in [0.15, 0.2) is 0 Å². The third kappa shape index (κ3) is 4.28. The fourth-order valence-corrected chi connectivity index (χ4v) is 1.99.